The first-order chi connectivity index (χ1) is 19.2. The van der Waals surface area contributed by atoms with Crippen LogP contribution in [-0.2, 0) is 39.7 Å². The van der Waals surface area contributed by atoms with Gasteiger partial charge in [-0.2, -0.15) is 26.3 Å². The smallest absolute Gasteiger partial charge is 0.416 e. The number of rotatable bonds is 7. The van der Waals surface area contributed by atoms with Crippen LogP contribution in [0.2, 0.25) is 0 Å². The summed E-state index contributed by atoms with van der Waals surface area (Å²) < 4.78 is 102. The lowest BCUT2D eigenvalue weighted by atomic mass is 9.89. The van der Waals surface area contributed by atoms with E-state index in [0.29, 0.717) is 29.0 Å². The van der Waals surface area contributed by atoms with Gasteiger partial charge in [0.25, 0.3) is 0 Å². The van der Waals surface area contributed by atoms with E-state index in [1.54, 1.807) is 26.0 Å². The van der Waals surface area contributed by atoms with Crippen LogP contribution >= 0.6 is 0 Å². The molecule has 1 aliphatic rings. The molecule has 2 aromatic carbocycles. The predicted molar refractivity (Wildman–Crippen MR) is 134 cm³/mol. The van der Waals surface area contributed by atoms with E-state index in [1.807, 2.05) is 0 Å². The van der Waals surface area contributed by atoms with Gasteiger partial charge in [-0.3, -0.25) is 9.80 Å². The van der Waals surface area contributed by atoms with E-state index < -0.39 is 59.9 Å². The fraction of sp³-hybridized carbons (Fsp3) is 0.481. The number of carbonyl (C=O) groups excluding carboxylic acids is 2. The minimum atomic E-state index is -5.07. The summed E-state index contributed by atoms with van der Waals surface area (Å²) in [4.78, 5) is 28.4. The van der Waals surface area contributed by atoms with E-state index in [9.17, 15) is 35.9 Å². The molecule has 0 saturated carbocycles. The monoisotopic (exact) mass is 592 g/mol. The van der Waals surface area contributed by atoms with E-state index in [4.69, 9.17) is 18.9 Å². The fourth-order valence-corrected chi connectivity index (χ4v) is 4.85. The highest BCUT2D eigenvalue weighted by Crippen LogP contribution is 2.45. The average molecular weight is 593 g/mol. The quantitative estimate of drug-likeness (QED) is 0.324. The van der Waals surface area contributed by atoms with E-state index in [-0.39, 0.29) is 31.4 Å². The van der Waals surface area contributed by atoms with Gasteiger partial charge in [0.1, 0.15) is 5.75 Å². The maximum atomic E-state index is 13.5. The van der Waals surface area contributed by atoms with Crippen molar-refractivity contribution < 1.29 is 54.9 Å². The number of benzene rings is 2. The zero-order valence-electron chi connectivity index (χ0n) is 23.0. The van der Waals surface area contributed by atoms with Crippen molar-refractivity contribution in [3.05, 3.63) is 58.1 Å². The summed E-state index contributed by atoms with van der Waals surface area (Å²) in [5.41, 5.74) is -2.24. The molecule has 0 fully saturated rings. The molecule has 0 aliphatic carbocycles. The molecule has 2 amide bonds. The first-order valence-corrected chi connectivity index (χ1v) is 12.4. The van der Waals surface area contributed by atoms with Gasteiger partial charge in [0, 0.05) is 31.3 Å². The summed E-state index contributed by atoms with van der Waals surface area (Å²) >= 11 is 0. The van der Waals surface area contributed by atoms with Gasteiger partial charge >= 0.3 is 24.5 Å². The second-order valence-electron chi connectivity index (χ2n) is 9.34. The number of hydrogen-bond donors (Lipinski definition) is 0. The Balaban J connectivity index is 2.22. The third-order valence-corrected chi connectivity index (χ3v) is 6.60. The number of nitrogens with zero attached hydrogens (tertiary/aromatic N) is 2. The molecule has 41 heavy (non-hydrogen) atoms. The van der Waals surface area contributed by atoms with Crippen molar-refractivity contribution in [1.82, 2.24) is 4.90 Å². The molecular formula is C27H30F6N2O6. The van der Waals surface area contributed by atoms with Crippen molar-refractivity contribution in [2.45, 2.75) is 57.9 Å². The zero-order chi connectivity index (χ0) is 30.7. The molecule has 0 N–H and O–H groups in total. The van der Waals surface area contributed by atoms with Crippen LogP contribution in [0.25, 0.3) is 0 Å². The van der Waals surface area contributed by atoms with Gasteiger partial charge in [0.15, 0.2) is 0 Å². The first-order valence-electron chi connectivity index (χ1n) is 12.4. The molecule has 2 atom stereocenters. The summed E-state index contributed by atoms with van der Waals surface area (Å²) in [5, 5.41) is 0. The van der Waals surface area contributed by atoms with Crippen LogP contribution in [0.15, 0.2) is 30.3 Å². The summed E-state index contributed by atoms with van der Waals surface area (Å²) in [7, 11) is 3.90. The Morgan fingerprint density at radius 3 is 2.07 bits per heavy atom. The van der Waals surface area contributed by atoms with Crippen molar-refractivity contribution in [2.24, 2.45) is 0 Å². The number of ether oxygens (including phenoxy) is 4. The lowest BCUT2D eigenvalue weighted by Gasteiger charge is -2.43. The fourth-order valence-electron chi connectivity index (χ4n) is 4.85. The Labute approximate surface area is 232 Å². The molecule has 0 unspecified atom stereocenters. The van der Waals surface area contributed by atoms with E-state index in [0.717, 1.165) is 12.0 Å². The van der Waals surface area contributed by atoms with Crippen LogP contribution in [0.4, 0.5) is 41.6 Å². The molecule has 0 bridgehead atoms. The third-order valence-electron chi connectivity index (χ3n) is 6.60. The molecule has 0 radical (unpaired) electrons. The van der Waals surface area contributed by atoms with E-state index in [2.05, 4.69) is 0 Å². The molecule has 3 rings (SSSR count). The van der Waals surface area contributed by atoms with Gasteiger partial charge in [-0.05, 0) is 55.7 Å². The Bertz CT molecular complexity index is 1230. The highest BCUT2D eigenvalue weighted by molar-refractivity contribution is 5.91. The topological polar surface area (TPSA) is 77.5 Å². The highest BCUT2D eigenvalue weighted by atomic mass is 19.4. The molecule has 226 valence electrons. The molecular weight excluding hydrogens is 562 g/mol. The standard InChI is InChI=1S/C27H30F6N2O6/c1-6-41-25(37)35-15(2)7-21(20-10-17(14-38-3)23(39-4)12-22(20)35)34(24(36)40-5)13-16-8-18(26(28,29)30)11-19(9-16)27(31,32)33/h8-12,15,21H,6-7,13-14H2,1-5H3/t15-,21+/m0/s1. The number of fused-ring (bicyclic) bond motifs is 1. The van der Waals surface area contributed by atoms with Crippen LogP contribution in [0.1, 0.15) is 54.1 Å². The van der Waals surface area contributed by atoms with Gasteiger partial charge in [-0.1, -0.05) is 0 Å². The van der Waals surface area contributed by atoms with Crippen LogP contribution in [0.5, 0.6) is 5.75 Å². The van der Waals surface area contributed by atoms with Crippen LogP contribution in [-0.4, -0.2) is 51.1 Å². The number of amides is 2. The number of anilines is 1. The van der Waals surface area contributed by atoms with Gasteiger partial charge in [-0.15, -0.1) is 0 Å². The largest absolute Gasteiger partial charge is 0.496 e. The Morgan fingerprint density at radius 2 is 1.59 bits per heavy atom. The number of alkyl halides is 6. The summed E-state index contributed by atoms with van der Waals surface area (Å²) in [6.07, 6.45) is -11.7. The van der Waals surface area contributed by atoms with Crippen LogP contribution < -0.4 is 9.64 Å². The maximum absolute atomic E-state index is 13.5. The van der Waals surface area contributed by atoms with Crippen LogP contribution in [0, 0.1) is 0 Å². The SMILES string of the molecule is CCOC(=O)N1c2cc(OC)c(COC)cc2[C@H](N(Cc2cc(C(F)(F)F)cc(C(F)(F)F)c2)C(=O)OC)C[C@@H]1C. The average Bonchev–Trinajstić information content (AvgIpc) is 2.89. The molecule has 0 saturated heterocycles. The summed E-state index contributed by atoms with van der Waals surface area (Å²) in [5.74, 6) is 0.352. The molecule has 14 heteroatoms. The first kappa shape index (κ1) is 31.8. The second kappa shape index (κ2) is 12.5. The Morgan fingerprint density at radius 1 is 0.976 bits per heavy atom. The number of methoxy groups -OCH3 is 3. The second-order valence-corrected chi connectivity index (χ2v) is 9.34. The number of hydrogen-bond acceptors (Lipinski definition) is 6. The van der Waals surface area contributed by atoms with Gasteiger partial charge in [0.05, 0.1) is 50.3 Å². The number of halogens is 6. The predicted octanol–water partition coefficient (Wildman–Crippen LogP) is 6.94. The van der Waals surface area contributed by atoms with Gasteiger partial charge in [0.2, 0.25) is 0 Å². The Kier molecular flexibility index (Phi) is 9.67. The van der Waals surface area contributed by atoms with Crippen molar-refractivity contribution >= 4 is 17.9 Å². The maximum Gasteiger partial charge on any atom is 0.416 e. The molecule has 1 aliphatic heterocycles. The van der Waals surface area contributed by atoms with E-state index in [1.165, 1.54) is 19.1 Å². The van der Waals surface area contributed by atoms with Crippen molar-refractivity contribution in [2.75, 3.05) is 32.8 Å². The lowest BCUT2D eigenvalue weighted by molar-refractivity contribution is -0.143. The Hall–Kier alpha value is -3.68. The van der Waals surface area contributed by atoms with Crippen LogP contribution in [0.3, 0.4) is 0 Å². The third kappa shape index (κ3) is 6.97. The minimum absolute atomic E-state index is 0.0183. The minimum Gasteiger partial charge on any atom is -0.496 e. The van der Waals surface area contributed by atoms with Gasteiger partial charge < -0.3 is 18.9 Å². The molecule has 8 nitrogen and oxygen atoms in total. The van der Waals surface area contributed by atoms with Gasteiger partial charge in [-0.25, -0.2) is 9.59 Å². The van der Waals surface area contributed by atoms with Crippen molar-refractivity contribution in [3.63, 3.8) is 0 Å². The normalized spacial score (nSPS) is 17.1. The molecule has 2 aromatic rings. The zero-order valence-corrected chi connectivity index (χ0v) is 23.0. The molecule has 1 heterocycles. The summed E-state index contributed by atoms with van der Waals surface area (Å²) in [6.45, 7) is 2.79. The molecule has 0 spiro atoms. The number of carbonyl (C=O) groups is 2. The van der Waals surface area contributed by atoms with E-state index >= 15 is 0 Å². The highest BCUT2D eigenvalue weighted by Gasteiger charge is 2.41. The summed E-state index contributed by atoms with van der Waals surface area (Å²) in [6, 6.07) is 2.77. The van der Waals surface area contributed by atoms with Crippen molar-refractivity contribution in [3.8, 4) is 5.75 Å². The van der Waals surface area contributed by atoms with Crippen molar-refractivity contribution in [1.29, 1.82) is 0 Å². The lowest BCUT2D eigenvalue weighted by Crippen LogP contribution is -2.47. The molecule has 0 aromatic heterocycles.